The molecule has 0 radical (unpaired) electrons. The minimum Gasteiger partial charge on any atom is -0.496 e. The van der Waals surface area contributed by atoms with E-state index in [4.69, 9.17) is 24.3 Å². The molecule has 0 amide bonds. The monoisotopic (exact) mass is 472 g/mol. The number of fused-ring (bicyclic) bond motifs is 2. The molecule has 0 fully saturated rings. The maximum atomic E-state index is 5.68. The van der Waals surface area contributed by atoms with Crippen molar-refractivity contribution in [1.82, 2.24) is 19.6 Å². The number of aryl methyl sites for hydroxylation is 1. The Balaban J connectivity index is 1.57. The van der Waals surface area contributed by atoms with Gasteiger partial charge in [0.25, 0.3) is 5.78 Å². The van der Waals surface area contributed by atoms with Crippen LogP contribution in [-0.4, -0.2) is 40.9 Å². The summed E-state index contributed by atoms with van der Waals surface area (Å²) in [5, 5.41) is 7.90. The molecule has 172 valence electrons. The van der Waals surface area contributed by atoms with Crippen molar-refractivity contribution in [3.05, 3.63) is 71.9 Å². The van der Waals surface area contributed by atoms with Crippen LogP contribution in [0.2, 0.25) is 0 Å². The topological polar surface area (TPSA) is 70.8 Å². The second-order valence-electron chi connectivity index (χ2n) is 7.72. The van der Waals surface area contributed by atoms with Crippen LogP contribution in [0.25, 0.3) is 27.8 Å². The molecule has 0 aliphatic heterocycles. The molecule has 0 aliphatic carbocycles. The van der Waals surface area contributed by atoms with Crippen LogP contribution in [0.3, 0.4) is 0 Å². The summed E-state index contributed by atoms with van der Waals surface area (Å²) in [5.74, 6) is 3.15. The van der Waals surface area contributed by atoms with Crippen LogP contribution >= 0.6 is 11.8 Å². The van der Waals surface area contributed by atoms with Crippen molar-refractivity contribution in [2.45, 2.75) is 17.8 Å². The van der Waals surface area contributed by atoms with Crippen molar-refractivity contribution in [1.29, 1.82) is 0 Å². The highest BCUT2D eigenvalue weighted by molar-refractivity contribution is 7.98. The van der Waals surface area contributed by atoms with Gasteiger partial charge < -0.3 is 14.2 Å². The second-order valence-corrected chi connectivity index (χ2v) is 8.67. The Hall–Kier alpha value is -3.78. The Bertz CT molecular complexity index is 1470. The molecule has 0 spiro atoms. The van der Waals surface area contributed by atoms with E-state index in [1.807, 2.05) is 25.1 Å². The van der Waals surface area contributed by atoms with Crippen LogP contribution in [-0.2, 0) is 5.75 Å². The summed E-state index contributed by atoms with van der Waals surface area (Å²) in [5.41, 5.74) is 3.60. The fraction of sp³-hybridized carbons (Fsp3) is 0.192. The summed E-state index contributed by atoms with van der Waals surface area (Å²) >= 11 is 1.58. The largest absolute Gasteiger partial charge is 0.496 e. The molecule has 7 nitrogen and oxygen atoms in total. The molecule has 0 saturated carbocycles. The molecule has 0 N–H and O–H groups in total. The summed E-state index contributed by atoms with van der Waals surface area (Å²) < 4.78 is 18.5. The molecular weight excluding hydrogens is 448 g/mol. The van der Waals surface area contributed by atoms with Crippen LogP contribution in [0, 0.1) is 6.92 Å². The third kappa shape index (κ3) is 4.01. The molecule has 2 aromatic heterocycles. The lowest BCUT2D eigenvalue weighted by Crippen LogP contribution is -2.02. The van der Waals surface area contributed by atoms with Crippen LogP contribution in [0.1, 0.15) is 11.3 Å². The highest BCUT2D eigenvalue weighted by Gasteiger charge is 2.21. The number of methoxy groups -OCH3 is 3. The minimum absolute atomic E-state index is 0.523. The molecular formula is C26H24N4O3S. The summed E-state index contributed by atoms with van der Waals surface area (Å²) in [6.45, 7) is 1.93. The van der Waals surface area contributed by atoms with E-state index < -0.39 is 0 Å². The maximum Gasteiger partial charge on any atom is 0.253 e. The molecule has 34 heavy (non-hydrogen) atoms. The molecule has 0 unspecified atom stereocenters. The molecule has 0 atom stereocenters. The highest BCUT2D eigenvalue weighted by atomic mass is 32.2. The lowest BCUT2D eigenvalue weighted by molar-refractivity contribution is 0.377. The number of ether oxygens (including phenoxy) is 3. The number of thioether (sulfide) groups is 1. The Labute approximate surface area is 201 Å². The van der Waals surface area contributed by atoms with Crippen molar-refractivity contribution < 1.29 is 14.2 Å². The van der Waals surface area contributed by atoms with Crippen LogP contribution in [0.4, 0.5) is 0 Å². The fourth-order valence-electron chi connectivity index (χ4n) is 4.03. The third-order valence-corrected chi connectivity index (χ3v) is 6.52. The quantitative estimate of drug-likeness (QED) is 0.287. The summed E-state index contributed by atoms with van der Waals surface area (Å²) in [6.07, 6.45) is 0. The van der Waals surface area contributed by atoms with Gasteiger partial charge in [-0.3, -0.25) is 0 Å². The molecule has 5 aromatic rings. The van der Waals surface area contributed by atoms with Crippen LogP contribution < -0.4 is 14.2 Å². The lowest BCUT2D eigenvalue weighted by atomic mass is 10.1. The molecule has 8 heteroatoms. The predicted molar refractivity (Wildman–Crippen MR) is 134 cm³/mol. The van der Waals surface area contributed by atoms with Crippen LogP contribution in [0.15, 0.2) is 65.8 Å². The molecule has 5 rings (SSSR count). The first-order valence-electron chi connectivity index (χ1n) is 10.8. The van der Waals surface area contributed by atoms with Gasteiger partial charge in [0.15, 0.2) is 0 Å². The normalized spacial score (nSPS) is 11.2. The van der Waals surface area contributed by atoms with E-state index in [9.17, 15) is 0 Å². The number of nitrogens with zero attached hydrogens (tertiary/aromatic N) is 4. The first-order chi connectivity index (χ1) is 16.6. The van der Waals surface area contributed by atoms with E-state index in [1.165, 1.54) is 16.3 Å². The summed E-state index contributed by atoms with van der Waals surface area (Å²) in [6, 6.07) is 20.4. The van der Waals surface area contributed by atoms with Crippen molar-refractivity contribution in [3.8, 4) is 28.5 Å². The zero-order valence-electron chi connectivity index (χ0n) is 19.4. The van der Waals surface area contributed by atoms with E-state index in [0.29, 0.717) is 28.2 Å². The number of hydrogen-bond donors (Lipinski definition) is 0. The molecule has 0 bridgehead atoms. The first-order valence-corrected chi connectivity index (χ1v) is 11.7. The zero-order valence-corrected chi connectivity index (χ0v) is 20.2. The smallest absolute Gasteiger partial charge is 0.253 e. The van der Waals surface area contributed by atoms with Crippen molar-refractivity contribution >= 4 is 28.3 Å². The van der Waals surface area contributed by atoms with Crippen molar-refractivity contribution in [2.24, 2.45) is 0 Å². The zero-order chi connectivity index (χ0) is 23.7. The highest BCUT2D eigenvalue weighted by Crippen LogP contribution is 2.42. The summed E-state index contributed by atoms with van der Waals surface area (Å²) in [7, 11) is 4.85. The van der Waals surface area contributed by atoms with Gasteiger partial charge >= 0.3 is 0 Å². The SMILES string of the molecule is COc1cc(OC)c(-c2cc(C)nc3nc(SCc4cccc5ccccc45)nn23)c(OC)c1. The molecule has 0 saturated heterocycles. The van der Waals surface area contributed by atoms with Crippen molar-refractivity contribution in [3.63, 3.8) is 0 Å². The average molecular weight is 473 g/mol. The number of rotatable bonds is 7. The van der Waals surface area contributed by atoms with Crippen molar-refractivity contribution in [2.75, 3.05) is 21.3 Å². The predicted octanol–water partition coefficient (Wildman–Crippen LogP) is 5.57. The summed E-state index contributed by atoms with van der Waals surface area (Å²) in [4.78, 5) is 9.30. The van der Waals surface area contributed by atoms with Gasteiger partial charge in [0.2, 0.25) is 5.16 Å². The lowest BCUT2D eigenvalue weighted by Gasteiger charge is -2.16. The van der Waals surface area contributed by atoms with Gasteiger partial charge in [0.1, 0.15) is 17.2 Å². The Morgan fingerprint density at radius 2 is 1.59 bits per heavy atom. The molecule has 0 aliphatic rings. The Kier molecular flexibility index (Phi) is 5.98. The second kappa shape index (κ2) is 9.23. The standard InChI is InChI=1S/C26H24N4O3S/c1-16-12-21(24-22(32-3)13-19(31-2)14-23(24)33-4)30-25(27-16)28-26(29-30)34-15-18-10-7-9-17-8-5-6-11-20(17)18/h5-14H,15H2,1-4H3. The van der Waals surface area contributed by atoms with Gasteiger partial charge in [-0.2, -0.15) is 9.50 Å². The maximum absolute atomic E-state index is 5.68. The number of aromatic nitrogens is 4. The van der Waals surface area contributed by atoms with Gasteiger partial charge in [-0.05, 0) is 29.3 Å². The van der Waals surface area contributed by atoms with Gasteiger partial charge in [0.05, 0.1) is 32.6 Å². The fourth-order valence-corrected chi connectivity index (χ4v) is 4.85. The average Bonchev–Trinajstić information content (AvgIpc) is 3.28. The number of hydrogen-bond acceptors (Lipinski definition) is 7. The van der Waals surface area contributed by atoms with Gasteiger partial charge in [-0.1, -0.05) is 54.2 Å². The van der Waals surface area contributed by atoms with E-state index in [2.05, 4.69) is 47.4 Å². The van der Waals surface area contributed by atoms with E-state index >= 15 is 0 Å². The van der Waals surface area contributed by atoms with Gasteiger partial charge in [0, 0.05) is 23.6 Å². The van der Waals surface area contributed by atoms with Crippen LogP contribution in [0.5, 0.6) is 17.2 Å². The van der Waals surface area contributed by atoms with E-state index in [0.717, 1.165) is 22.7 Å². The Morgan fingerprint density at radius 3 is 2.32 bits per heavy atom. The Morgan fingerprint density at radius 1 is 0.853 bits per heavy atom. The minimum atomic E-state index is 0.523. The molecule has 2 heterocycles. The number of benzene rings is 3. The van der Waals surface area contributed by atoms with Gasteiger partial charge in [-0.15, -0.1) is 5.10 Å². The first kappa shape index (κ1) is 22.0. The van der Waals surface area contributed by atoms with E-state index in [-0.39, 0.29) is 0 Å². The van der Waals surface area contributed by atoms with Gasteiger partial charge in [-0.25, -0.2) is 4.98 Å². The van der Waals surface area contributed by atoms with E-state index in [1.54, 1.807) is 37.6 Å². The third-order valence-electron chi connectivity index (χ3n) is 5.63. The molecule has 3 aromatic carbocycles.